The number of aldehydes is 1. The van der Waals surface area contributed by atoms with Crippen LogP contribution in [-0.2, 0) is 16.8 Å². The van der Waals surface area contributed by atoms with Crippen molar-refractivity contribution in [1.82, 2.24) is 20.5 Å². The maximum atomic E-state index is 13.2. The summed E-state index contributed by atoms with van der Waals surface area (Å²) in [7, 11) is 0. The summed E-state index contributed by atoms with van der Waals surface area (Å²) in [4.78, 5) is 31.5. The van der Waals surface area contributed by atoms with Crippen LogP contribution >= 0.6 is 0 Å². The highest BCUT2D eigenvalue weighted by molar-refractivity contribution is 6.12. The molecule has 0 fully saturated rings. The van der Waals surface area contributed by atoms with E-state index in [-0.39, 0.29) is 17.9 Å². The number of aryl methyl sites for hydroxylation is 1. The number of nitrogens with zero attached hydrogens (tertiary/aromatic N) is 3. The van der Waals surface area contributed by atoms with E-state index in [1.165, 1.54) is 6.21 Å². The van der Waals surface area contributed by atoms with Crippen molar-refractivity contribution in [1.29, 1.82) is 0 Å². The summed E-state index contributed by atoms with van der Waals surface area (Å²) < 4.78 is 39.5. The fourth-order valence-corrected chi connectivity index (χ4v) is 3.10. The van der Waals surface area contributed by atoms with E-state index in [1.54, 1.807) is 18.2 Å². The van der Waals surface area contributed by atoms with E-state index in [0.29, 0.717) is 11.3 Å². The van der Waals surface area contributed by atoms with Crippen LogP contribution in [0.3, 0.4) is 0 Å². The second kappa shape index (κ2) is 10.5. The number of amides is 1. The van der Waals surface area contributed by atoms with E-state index in [0.717, 1.165) is 43.0 Å². The molecule has 1 aromatic heterocycles. The Bertz CT molecular complexity index is 1310. The van der Waals surface area contributed by atoms with Gasteiger partial charge >= 0.3 is 6.18 Å². The number of aliphatic imine (C=N–C) groups is 1. The predicted octanol–water partition coefficient (Wildman–Crippen LogP) is 4.29. The van der Waals surface area contributed by atoms with Crippen LogP contribution in [0.1, 0.15) is 41.4 Å². The number of hydrogen-bond acceptors (Lipinski definition) is 6. The molecule has 0 bridgehead atoms. The number of aromatic nitrogens is 3. The first-order valence-corrected chi connectivity index (χ1v) is 10.8. The molecule has 4 N–H and O–H groups in total. The lowest BCUT2D eigenvalue weighted by molar-refractivity contribution is -0.182. The zero-order chi connectivity index (χ0) is 26.5. The molecule has 1 amide bonds. The van der Waals surface area contributed by atoms with Crippen LogP contribution < -0.4 is 11.1 Å². The second-order valence-corrected chi connectivity index (χ2v) is 8.53. The normalized spacial score (nSPS) is 12.7. The first-order chi connectivity index (χ1) is 17.0. The Labute approximate surface area is 205 Å². The van der Waals surface area contributed by atoms with E-state index in [9.17, 15) is 22.8 Å². The smallest absolute Gasteiger partial charge is 0.401 e. The fourth-order valence-electron chi connectivity index (χ4n) is 3.10. The topological polar surface area (TPSA) is 126 Å². The number of alkyl halides is 3. The van der Waals surface area contributed by atoms with Crippen LogP contribution in [0.2, 0.25) is 0 Å². The van der Waals surface area contributed by atoms with Crippen molar-refractivity contribution in [2.24, 2.45) is 10.7 Å². The summed E-state index contributed by atoms with van der Waals surface area (Å²) in [5.41, 5.74) is 7.32. The van der Waals surface area contributed by atoms with Gasteiger partial charge in [0, 0.05) is 18.0 Å². The average molecular weight is 499 g/mol. The summed E-state index contributed by atoms with van der Waals surface area (Å²) in [5.74, 6) is -0.940. The highest BCUT2D eigenvalue weighted by Crippen LogP contribution is 2.38. The van der Waals surface area contributed by atoms with Gasteiger partial charge in [0.05, 0.1) is 17.8 Å². The summed E-state index contributed by atoms with van der Waals surface area (Å²) in [6, 6.07) is 12.8. The number of benzene rings is 2. The highest BCUT2D eigenvalue weighted by Gasteiger charge is 2.51. The molecule has 0 aliphatic rings. The number of rotatable bonds is 8. The van der Waals surface area contributed by atoms with Gasteiger partial charge in [-0.25, -0.2) is 4.98 Å². The number of carbonyl (C=O) groups is 2. The lowest BCUT2D eigenvalue weighted by Gasteiger charge is -2.24. The molecule has 0 saturated heterocycles. The Morgan fingerprint density at radius 3 is 2.39 bits per heavy atom. The van der Waals surface area contributed by atoms with Gasteiger partial charge in [-0.05, 0) is 49.6 Å². The van der Waals surface area contributed by atoms with E-state index in [1.807, 2.05) is 31.2 Å². The van der Waals surface area contributed by atoms with Crippen molar-refractivity contribution in [2.75, 3.05) is 0 Å². The number of nitrogens with one attached hydrogen (secondary N) is 2. The molecular weight excluding hydrogens is 473 g/mol. The molecule has 3 aromatic rings. The standard InChI is InChI=1S/C25H25F3N6O2/c1-15-10-18(17-6-4-16(14-35)5-7-17)8-9-20(15)30-12-19(11-29)22(36)31-13-21-32-23(34-33-21)24(2,3)25(26,27)28/h4-12,14H,13,29H2,1-3H3,(H,31,36)(H,32,33,34)/b19-11+,30-12?. The van der Waals surface area contributed by atoms with E-state index >= 15 is 0 Å². The van der Waals surface area contributed by atoms with Crippen molar-refractivity contribution in [3.63, 3.8) is 0 Å². The zero-order valence-electron chi connectivity index (χ0n) is 19.8. The van der Waals surface area contributed by atoms with Gasteiger partial charge in [0.2, 0.25) is 0 Å². The summed E-state index contributed by atoms with van der Waals surface area (Å²) in [6.45, 7) is 3.64. The number of aromatic amines is 1. The van der Waals surface area contributed by atoms with Crippen molar-refractivity contribution in [3.05, 3.63) is 77.0 Å². The first kappa shape index (κ1) is 26.3. The van der Waals surface area contributed by atoms with Gasteiger partial charge in [-0.2, -0.15) is 18.3 Å². The van der Waals surface area contributed by atoms with Crippen LogP contribution in [0.4, 0.5) is 18.9 Å². The number of carbonyl (C=O) groups excluding carboxylic acids is 2. The molecule has 0 saturated carbocycles. The number of hydrogen-bond donors (Lipinski definition) is 3. The van der Waals surface area contributed by atoms with Gasteiger partial charge < -0.3 is 11.1 Å². The monoisotopic (exact) mass is 498 g/mol. The lowest BCUT2D eigenvalue weighted by Crippen LogP contribution is -2.37. The van der Waals surface area contributed by atoms with Gasteiger partial charge in [-0.15, -0.1) is 0 Å². The molecule has 1 heterocycles. The minimum Gasteiger partial charge on any atom is -0.404 e. The van der Waals surface area contributed by atoms with Crippen molar-refractivity contribution in [3.8, 4) is 11.1 Å². The SMILES string of the molecule is Cc1cc(-c2ccc(C=O)cc2)ccc1N=C/C(=C\N)C(=O)NCc1nc(C(C)(C)C(F)(F)F)n[nH]1. The third-order valence-corrected chi connectivity index (χ3v) is 5.58. The van der Waals surface area contributed by atoms with Crippen LogP contribution in [-0.4, -0.2) is 39.8 Å². The summed E-state index contributed by atoms with van der Waals surface area (Å²) in [6.07, 6.45) is -1.37. The van der Waals surface area contributed by atoms with E-state index in [2.05, 4.69) is 25.5 Å². The van der Waals surface area contributed by atoms with Crippen LogP contribution in [0, 0.1) is 6.92 Å². The van der Waals surface area contributed by atoms with Crippen molar-refractivity contribution < 1.29 is 22.8 Å². The molecule has 11 heteroatoms. The van der Waals surface area contributed by atoms with Crippen LogP contribution in [0.5, 0.6) is 0 Å². The van der Waals surface area contributed by atoms with Crippen molar-refractivity contribution in [2.45, 2.75) is 38.9 Å². The molecule has 0 aliphatic carbocycles. The Hall–Kier alpha value is -4.28. The summed E-state index contributed by atoms with van der Waals surface area (Å²) in [5, 5.41) is 8.57. The van der Waals surface area contributed by atoms with Gasteiger partial charge in [-0.3, -0.25) is 19.7 Å². The second-order valence-electron chi connectivity index (χ2n) is 8.53. The number of H-pyrrole nitrogens is 1. The zero-order valence-corrected chi connectivity index (χ0v) is 19.8. The van der Waals surface area contributed by atoms with E-state index in [4.69, 9.17) is 5.73 Å². The molecule has 0 atom stereocenters. The Kier molecular flexibility index (Phi) is 7.71. The minimum absolute atomic E-state index is 0.0540. The van der Waals surface area contributed by atoms with Crippen LogP contribution in [0.25, 0.3) is 11.1 Å². The number of halogens is 3. The Balaban J connectivity index is 1.65. The maximum Gasteiger partial charge on any atom is 0.401 e. The Morgan fingerprint density at radius 1 is 1.14 bits per heavy atom. The highest BCUT2D eigenvalue weighted by atomic mass is 19.4. The van der Waals surface area contributed by atoms with E-state index < -0.39 is 23.3 Å². The molecule has 0 spiro atoms. The minimum atomic E-state index is -4.53. The van der Waals surface area contributed by atoms with Crippen LogP contribution in [0.15, 0.2) is 59.2 Å². The lowest BCUT2D eigenvalue weighted by atomic mass is 9.92. The van der Waals surface area contributed by atoms with Crippen molar-refractivity contribution >= 4 is 24.1 Å². The molecule has 0 radical (unpaired) electrons. The third kappa shape index (κ3) is 5.85. The largest absolute Gasteiger partial charge is 0.404 e. The van der Waals surface area contributed by atoms with Gasteiger partial charge in [-0.1, -0.05) is 30.3 Å². The molecule has 0 unspecified atom stereocenters. The fraction of sp³-hybridized carbons (Fsp3) is 0.240. The predicted molar refractivity (Wildman–Crippen MR) is 130 cm³/mol. The first-order valence-electron chi connectivity index (χ1n) is 10.8. The maximum absolute atomic E-state index is 13.2. The molecular formula is C25H25F3N6O2. The quantitative estimate of drug-likeness (QED) is 0.243. The molecule has 2 aromatic carbocycles. The van der Waals surface area contributed by atoms with Gasteiger partial charge in [0.25, 0.3) is 5.91 Å². The van der Waals surface area contributed by atoms with Gasteiger partial charge in [0.1, 0.15) is 17.5 Å². The average Bonchev–Trinajstić information content (AvgIpc) is 3.33. The molecule has 3 rings (SSSR count). The summed E-state index contributed by atoms with van der Waals surface area (Å²) >= 11 is 0. The van der Waals surface area contributed by atoms with Gasteiger partial charge in [0.15, 0.2) is 5.82 Å². The molecule has 0 aliphatic heterocycles. The third-order valence-electron chi connectivity index (χ3n) is 5.58. The molecule has 8 nitrogen and oxygen atoms in total. The number of nitrogens with two attached hydrogens (primary N) is 1. The molecule has 36 heavy (non-hydrogen) atoms. The molecule has 188 valence electrons. The Morgan fingerprint density at radius 2 is 1.81 bits per heavy atom.